The number of rotatable bonds is 8. The minimum atomic E-state index is -0.812. The van der Waals surface area contributed by atoms with Gasteiger partial charge in [0, 0.05) is 21.1 Å². The Morgan fingerprint density at radius 3 is 1.00 bits per heavy atom. The molecule has 0 N–H and O–H groups in total. The number of hydrogen-bond donors (Lipinski definition) is 0. The summed E-state index contributed by atoms with van der Waals surface area (Å²) in [6, 6.07) is 20.1. The van der Waals surface area contributed by atoms with Gasteiger partial charge in [-0.2, -0.15) is 0 Å². The van der Waals surface area contributed by atoms with Gasteiger partial charge in [0.2, 0.25) is 0 Å². The van der Waals surface area contributed by atoms with Crippen LogP contribution in [-0.4, -0.2) is 31.4 Å². The second-order valence-electron chi connectivity index (χ2n) is 13.6. The molecule has 0 spiro atoms. The van der Waals surface area contributed by atoms with Crippen molar-refractivity contribution in [1.82, 2.24) is 0 Å². The summed E-state index contributed by atoms with van der Waals surface area (Å²) in [6.07, 6.45) is 29.9. The first-order valence-corrected chi connectivity index (χ1v) is 22.4. The molecule has 42 heavy (non-hydrogen) atoms. The van der Waals surface area contributed by atoms with Gasteiger partial charge in [-0.3, -0.25) is 0 Å². The molecule has 4 saturated carbocycles. The fourth-order valence-electron chi connectivity index (χ4n) is 9.00. The summed E-state index contributed by atoms with van der Waals surface area (Å²) < 4.78 is 0. The summed E-state index contributed by atoms with van der Waals surface area (Å²) in [6.45, 7) is 2.70. The van der Waals surface area contributed by atoms with Gasteiger partial charge >= 0.3 is 0 Å². The molecule has 0 bridgehead atoms. The van der Waals surface area contributed by atoms with Crippen molar-refractivity contribution in [3.8, 4) is 0 Å². The zero-order valence-corrected chi connectivity index (χ0v) is 31.8. The van der Waals surface area contributed by atoms with Crippen molar-refractivity contribution in [2.75, 3.05) is 0 Å². The van der Waals surface area contributed by atoms with Crippen LogP contribution in [0.4, 0.5) is 0 Å². The SMILES string of the molecule is C[Si](c1ccccc1P(C1CCCCC1)C1CCCCC1)c1ccccc1P(C1CCCCC1)C1CCCCC1.[CH3-].[Pt]. The van der Waals surface area contributed by atoms with E-state index in [1.807, 2.05) is 21.0 Å². The largest absolute Gasteiger partial charge is 0.358 e. The minimum Gasteiger partial charge on any atom is -0.358 e. The van der Waals surface area contributed by atoms with E-state index in [0.29, 0.717) is 0 Å². The van der Waals surface area contributed by atoms with Crippen LogP contribution in [0.2, 0.25) is 6.55 Å². The van der Waals surface area contributed by atoms with Crippen LogP contribution in [0.25, 0.3) is 0 Å². The van der Waals surface area contributed by atoms with Gasteiger partial charge in [-0.25, -0.2) is 0 Å². The molecule has 6 rings (SSSR count). The van der Waals surface area contributed by atoms with Gasteiger partial charge in [-0.15, -0.1) is 0 Å². The van der Waals surface area contributed by atoms with E-state index in [1.54, 1.807) is 0 Å². The molecule has 4 fully saturated rings. The van der Waals surface area contributed by atoms with Gasteiger partial charge in [-0.1, -0.05) is 148 Å². The van der Waals surface area contributed by atoms with Crippen LogP contribution in [0.5, 0.6) is 0 Å². The van der Waals surface area contributed by atoms with Crippen molar-refractivity contribution in [3.05, 3.63) is 56.0 Å². The molecule has 0 unspecified atom stereocenters. The minimum absolute atomic E-state index is 0. The molecule has 0 nitrogen and oxygen atoms in total. The van der Waals surface area contributed by atoms with Crippen molar-refractivity contribution >= 4 is 45.6 Å². The van der Waals surface area contributed by atoms with Gasteiger partial charge in [0.25, 0.3) is 0 Å². The summed E-state index contributed by atoms with van der Waals surface area (Å²) in [5.41, 5.74) is 3.94. The van der Waals surface area contributed by atoms with Crippen LogP contribution < -0.4 is 21.0 Å². The predicted octanol–water partition coefficient (Wildman–Crippen LogP) is 9.92. The third-order valence-electron chi connectivity index (χ3n) is 11.0. The molecule has 0 amide bonds. The van der Waals surface area contributed by atoms with Crippen molar-refractivity contribution in [3.63, 3.8) is 0 Å². The normalized spacial score (nSPS) is 21.8. The molecule has 2 aromatic carbocycles. The first-order valence-electron chi connectivity index (χ1n) is 17.4. The zero-order chi connectivity index (χ0) is 27.1. The van der Waals surface area contributed by atoms with Crippen LogP contribution in [0, 0.1) is 7.43 Å². The Kier molecular flexibility index (Phi) is 14.8. The topological polar surface area (TPSA) is 0 Å². The molecule has 4 aliphatic carbocycles. The van der Waals surface area contributed by atoms with Gasteiger partial charge in [0.1, 0.15) is 8.80 Å². The van der Waals surface area contributed by atoms with Crippen LogP contribution in [0.15, 0.2) is 48.5 Å². The third-order valence-corrected chi connectivity index (χ3v) is 21.1. The van der Waals surface area contributed by atoms with Gasteiger partial charge in [0.15, 0.2) is 0 Å². The second kappa shape index (κ2) is 17.8. The average Bonchev–Trinajstić information content (AvgIpc) is 3.04. The fraction of sp³-hybridized carbons (Fsp3) is 0.658. The first kappa shape index (κ1) is 35.1. The summed E-state index contributed by atoms with van der Waals surface area (Å²) in [5, 5.41) is 7.35. The van der Waals surface area contributed by atoms with Crippen molar-refractivity contribution in [1.29, 1.82) is 0 Å². The second-order valence-corrected chi connectivity index (χ2v) is 21.5. The zero-order valence-electron chi connectivity index (χ0n) is 26.8. The molecular weight excluding hydrogens is 742 g/mol. The van der Waals surface area contributed by atoms with E-state index in [4.69, 9.17) is 0 Å². The summed E-state index contributed by atoms with van der Waals surface area (Å²) in [4.78, 5) is 0. The summed E-state index contributed by atoms with van der Waals surface area (Å²) >= 11 is 0. The molecule has 4 heteroatoms. The van der Waals surface area contributed by atoms with E-state index in [0.717, 1.165) is 22.6 Å². The van der Waals surface area contributed by atoms with Crippen LogP contribution in [0.3, 0.4) is 0 Å². The van der Waals surface area contributed by atoms with Gasteiger partial charge < -0.3 is 7.43 Å². The number of hydrogen-bond acceptors (Lipinski definition) is 0. The third kappa shape index (κ3) is 8.32. The van der Waals surface area contributed by atoms with Crippen molar-refractivity contribution < 1.29 is 21.1 Å². The standard InChI is InChI=1S/C37H55P2Si.CH3.Pt/c1-40(36-28-16-14-26-34(36)38(30-18-6-2-7-19-30)31-20-8-3-9-21-31)37-29-17-15-27-35(37)39(32-22-10-4-11-23-32)33-24-12-5-13-25-33;;/h14-17,26-33H,2-13,18-25H2,1H3;1H3;/q;-1;. The molecule has 0 saturated heterocycles. The first-order chi connectivity index (χ1) is 19.8. The predicted molar refractivity (Wildman–Crippen MR) is 191 cm³/mol. The van der Waals surface area contributed by atoms with Gasteiger partial charge in [0.05, 0.1) is 0 Å². The van der Waals surface area contributed by atoms with E-state index >= 15 is 0 Å². The quantitative estimate of drug-likeness (QED) is 0.142. The molecule has 235 valence electrons. The van der Waals surface area contributed by atoms with Crippen LogP contribution in [-0.2, 0) is 21.1 Å². The van der Waals surface area contributed by atoms with Crippen LogP contribution >= 0.6 is 15.8 Å². The maximum atomic E-state index is 2.70. The molecule has 1 radical (unpaired) electrons. The van der Waals surface area contributed by atoms with Crippen molar-refractivity contribution in [2.45, 2.75) is 158 Å². The smallest absolute Gasteiger partial charge is 0.119 e. The molecule has 0 aliphatic heterocycles. The molecule has 0 atom stereocenters. The molecule has 4 aliphatic rings. The van der Waals surface area contributed by atoms with E-state index in [2.05, 4.69) is 55.1 Å². The maximum absolute atomic E-state index is 2.70. The Labute approximate surface area is 278 Å². The molecule has 2 aromatic rings. The monoisotopic (exact) mass is 799 g/mol. The van der Waals surface area contributed by atoms with E-state index < -0.39 is 8.80 Å². The Morgan fingerprint density at radius 1 is 0.452 bits per heavy atom. The maximum Gasteiger partial charge on any atom is 0.119 e. The van der Waals surface area contributed by atoms with E-state index in [9.17, 15) is 0 Å². The van der Waals surface area contributed by atoms with Gasteiger partial charge in [-0.05, 0) is 95.0 Å². The summed E-state index contributed by atoms with van der Waals surface area (Å²) in [7, 11) is -0.920. The fourth-order valence-corrected chi connectivity index (χ4v) is 20.4. The summed E-state index contributed by atoms with van der Waals surface area (Å²) in [5.74, 6) is 0. The Bertz CT molecular complexity index is 931. The number of benzene rings is 2. The average molecular weight is 800 g/mol. The van der Waals surface area contributed by atoms with Crippen molar-refractivity contribution in [2.24, 2.45) is 0 Å². The Balaban J connectivity index is 0.00000202. The molecule has 0 aromatic heterocycles. The van der Waals surface area contributed by atoms with Crippen LogP contribution in [0.1, 0.15) is 128 Å². The Hall–Kier alpha value is 0.205. The molecular formula is C38H58P2PtSi-. The van der Waals surface area contributed by atoms with E-state index in [-0.39, 0.29) is 44.3 Å². The Morgan fingerprint density at radius 2 is 0.714 bits per heavy atom. The molecule has 0 heterocycles. The van der Waals surface area contributed by atoms with E-state index in [1.165, 1.54) is 128 Å².